The van der Waals surface area contributed by atoms with Crippen LogP contribution >= 0.6 is 22.9 Å². The molecule has 0 saturated carbocycles. The molecule has 1 aromatic heterocycles. The summed E-state index contributed by atoms with van der Waals surface area (Å²) in [4.78, 5) is 5.75. The van der Waals surface area contributed by atoms with E-state index in [0.717, 1.165) is 29.0 Å². The standard InChI is InChI=1S/C20H20ClNOS/c1-14(2)11-18-19(22-20(21)24-18)16-9-6-10-17(12-16)23-13-15-7-4-3-5-8-15/h3-10,12,14H,11,13H2,1-2H3. The molecule has 0 aliphatic heterocycles. The van der Waals surface area contributed by atoms with E-state index >= 15 is 0 Å². The molecular formula is C20H20ClNOS. The summed E-state index contributed by atoms with van der Waals surface area (Å²) < 4.78 is 6.52. The first-order chi connectivity index (χ1) is 11.6. The summed E-state index contributed by atoms with van der Waals surface area (Å²) >= 11 is 7.72. The Balaban J connectivity index is 1.80. The molecule has 124 valence electrons. The highest BCUT2D eigenvalue weighted by atomic mass is 35.5. The average molecular weight is 358 g/mol. The van der Waals surface area contributed by atoms with Gasteiger partial charge in [0.15, 0.2) is 4.47 Å². The second kappa shape index (κ2) is 7.82. The summed E-state index contributed by atoms with van der Waals surface area (Å²) in [5.41, 5.74) is 3.18. The molecule has 0 atom stereocenters. The van der Waals surface area contributed by atoms with Gasteiger partial charge in [-0.25, -0.2) is 4.98 Å². The minimum absolute atomic E-state index is 0.557. The van der Waals surface area contributed by atoms with Gasteiger partial charge in [-0.15, -0.1) is 11.3 Å². The molecule has 3 aromatic rings. The van der Waals surface area contributed by atoms with Crippen LogP contribution in [0.2, 0.25) is 4.47 Å². The summed E-state index contributed by atoms with van der Waals surface area (Å²) in [5, 5.41) is 0. The average Bonchev–Trinajstić information content (AvgIpc) is 2.94. The molecule has 0 aliphatic rings. The second-order valence-electron chi connectivity index (χ2n) is 6.14. The topological polar surface area (TPSA) is 22.1 Å². The lowest BCUT2D eigenvalue weighted by molar-refractivity contribution is 0.306. The Morgan fingerprint density at radius 1 is 1.08 bits per heavy atom. The third-order valence-electron chi connectivity index (χ3n) is 3.62. The molecular weight excluding hydrogens is 338 g/mol. The van der Waals surface area contributed by atoms with E-state index in [1.807, 2.05) is 36.4 Å². The van der Waals surface area contributed by atoms with Crippen molar-refractivity contribution in [3.05, 3.63) is 69.5 Å². The van der Waals surface area contributed by atoms with Gasteiger partial charge in [0.1, 0.15) is 12.4 Å². The number of halogens is 1. The minimum atomic E-state index is 0.557. The van der Waals surface area contributed by atoms with Crippen LogP contribution in [0.25, 0.3) is 11.3 Å². The van der Waals surface area contributed by atoms with Gasteiger partial charge >= 0.3 is 0 Å². The van der Waals surface area contributed by atoms with Gasteiger partial charge in [-0.05, 0) is 30.0 Å². The highest BCUT2D eigenvalue weighted by Crippen LogP contribution is 2.34. The van der Waals surface area contributed by atoms with Crippen LogP contribution in [0, 0.1) is 5.92 Å². The molecule has 3 rings (SSSR count). The van der Waals surface area contributed by atoms with E-state index in [0.29, 0.717) is 17.0 Å². The zero-order chi connectivity index (χ0) is 16.9. The Hall–Kier alpha value is -1.84. The Morgan fingerprint density at radius 2 is 1.88 bits per heavy atom. The van der Waals surface area contributed by atoms with Crippen molar-refractivity contribution < 1.29 is 4.74 Å². The fraction of sp³-hybridized carbons (Fsp3) is 0.250. The molecule has 0 radical (unpaired) electrons. The third kappa shape index (κ3) is 4.37. The van der Waals surface area contributed by atoms with Crippen LogP contribution in [-0.2, 0) is 13.0 Å². The van der Waals surface area contributed by atoms with Gasteiger partial charge in [-0.1, -0.05) is 67.9 Å². The fourth-order valence-corrected chi connectivity index (χ4v) is 3.91. The first-order valence-corrected chi connectivity index (χ1v) is 9.23. The number of rotatable bonds is 6. The van der Waals surface area contributed by atoms with E-state index in [1.54, 1.807) is 11.3 Å². The predicted molar refractivity (Wildman–Crippen MR) is 102 cm³/mol. The van der Waals surface area contributed by atoms with E-state index in [2.05, 4.69) is 37.0 Å². The maximum absolute atomic E-state index is 6.16. The van der Waals surface area contributed by atoms with E-state index in [9.17, 15) is 0 Å². The van der Waals surface area contributed by atoms with Crippen molar-refractivity contribution in [2.75, 3.05) is 0 Å². The summed E-state index contributed by atoms with van der Waals surface area (Å²) in [6.07, 6.45) is 0.981. The smallest absolute Gasteiger partial charge is 0.184 e. The van der Waals surface area contributed by atoms with Crippen molar-refractivity contribution in [1.82, 2.24) is 4.98 Å². The molecule has 0 aliphatic carbocycles. The van der Waals surface area contributed by atoms with Crippen molar-refractivity contribution in [3.8, 4) is 17.0 Å². The van der Waals surface area contributed by atoms with Crippen LogP contribution in [0.4, 0.5) is 0 Å². The van der Waals surface area contributed by atoms with E-state index in [1.165, 1.54) is 4.88 Å². The molecule has 0 unspecified atom stereocenters. The molecule has 0 N–H and O–H groups in total. The maximum atomic E-state index is 6.16. The number of hydrogen-bond acceptors (Lipinski definition) is 3. The highest BCUT2D eigenvalue weighted by Gasteiger charge is 2.14. The van der Waals surface area contributed by atoms with Gasteiger partial charge in [0.25, 0.3) is 0 Å². The van der Waals surface area contributed by atoms with Crippen molar-refractivity contribution in [1.29, 1.82) is 0 Å². The zero-order valence-electron chi connectivity index (χ0n) is 13.8. The molecule has 0 spiro atoms. The van der Waals surface area contributed by atoms with E-state index in [4.69, 9.17) is 16.3 Å². The minimum Gasteiger partial charge on any atom is -0.489 e. The molecule has 0 saturated heterocycles. The number of thiazole rings is 1. The largest absolute Gasteiger partial charge is 0.489 e. The van der Waals surface area contributed by atoms with Gasteiger partial charge in [0.05, 0.1) is 5.69 Å². The summed E-state index contributed by atoms with van der Waals surface area (Å²) in [7, 11) is 0. The number of benzene rings is 2. The molecule has 4 heteroatoms. The number of aromatic nitrogens is 1. The maximum Gasteiger partial charge on any atom is 0.184 e. The van der Waals surface area contributed by atoms with Crippen LogP contribution in [0.3, 0.4) is 0 Å². The first kappa shape index (κ1) is 17.0. The van der Waals surface area contributed by atoms with Gasteiger partial charge in [0.2, 0.25) is 0 Å². The first-order valence-electron chi connectivity index (χ1n) is 8.04. The van der Waals surface area contributed by atoms with Crippen molar-refractivity contribution in [2.45, 2.75) is 26.9 Å². The van der Waals surface area contributed by atoms with Crippen LogP contribution in [0.15, 0.2) is 54.6 Å². The lowest BCUT2D eigenvalue weighted by atomic mass is 10.0. The lowest BCUT2D eigenvalue weighted by Gasteiger charge is -2.09. The Morgan fingerprint density at radius 3 is 2.62 bits per heavy atom. The molecule has 2 aromatic carbocycles. The second-order valence-corrected chi connectivity index (χ2v) is 7.80. The monoisotopic (exact) mass is 357 g/mol. The van der Waals surface area contributed by atoms with Crippen molar-refractivity contribution in [3.63, 3.8) is 0 Å². The van der Waals surface area contributed by atoms with Crippen LogP contribution < -0.4 is 4.74 Å². The SMILES string of the molecule is CC(C)Cc1sc(Cl)nc1-c1cccc(OCc2ccccc2)c1. The summed E-state index contributed by atoms with van der Waals surface area (Å²) in [6.45, 7) is 4.97. The van der Waals surface area contributed by atoms with Gasteiger partial charge in [-0.2, -0.15) is 0 Å². The Bertz CT molecular complexity index is 798. The Kier molecular flexibility index (Phi) is 5.54. The van der Waals surface area contributed by atoms with Gasteiger partial charge in [0, 0.05) is 10.4 Å². The highest BCUT2D eigenvalue weighted by molar-refractivity contribution is 7.16. The zero-order valence-corrected chi connectivity index (χ0v) is 15.4. The summed E-state index contributed by atoms with van der Waals surface area (Å²) in [6, 6.07) is 18.2. The van der Waals surface area contributed by atoms with Crippen LogP contribution in [-0.4, -0.2) is 4.98 Å². The number of hydrogen-bond donors (Lipinski definition) is 0. The van der Waals surface area contributed by atoms with E-state index in [-0.39, 0.29) is 0 Å². The Labute approximate surface area is 152 Å². The third-order valence-corrected chi connectivity index (χ3v) is 4.80. The number of nitrogens with zero attached hydrogens (tertiary/aromatic N) is 1. The normalized spacial score (nSPS) is 11.0. The predicted octanol–water partition coefficient (Wildman–Crippen LogP) is 6.24. The van der Waals surface area contributed by atoms with Gasteiger partial charge in [-0.3, -0.25) is 0 Å². The van der Waals surface area contributed by atoms with Crippen LogP contribution in [0.1, 0.15) is 24.3 Å². The molecule has 0 bridgehead atoms. The van der Waals surface area contributed by atoms with Crippen LogP contribution in [0.5, 0.6) is 5.75 Å². The molecule has 1 heterocycles. The lowest BCUT2D eigenvalue weighted by Crippen LogP contribution is -1.96. The molecule has 2 nitrogen and oxygen atoms in total. The molecule has 0 amide bonds. The number of ether oxygens (including phenoxy) is 1. The quantitative estimate of drug-likeness (QED) is 0.520. The fourth-order valence-electron chi connectivity index (χ4n) is 2.53. The van der Waals surface area contributed by atoms with Gasteiger partial charge < -0.3 is 4.74 Å². The molecule has 24 heavy (non-hydrogen) atoms. The van der Waals surface area contributed by atoms with Crippen molar-refractivity contribution >= 4 is 22.9 Å². The van der Waals surface area contributed by atoms with E-state index < -0.39 is 0 Å². The molecule has 0 fully saturated rings. The summed E-state index contributed by atoms with van der Waals surface area (Å²) in [5.74, 6) is 1.41. The van der Waals surface area contributed by atoms with Crippen molar-refractivity contribution in [2.24, 2.45) is 5.92 Å².